The fourth-order valence-corrected chi connectivity index (χ4v) is 3.21. The molecule has 1 aliphatic rings. The molecule has 0 atom stereocenters. The van der Waals surface area contributed by atoms with Crippen molar-refractivity contribution < 1.29 is 9.59 Å². The summed E-state index contributed by atoms with van der Waals surface area (Å²) in [5.41, 5.74) is 2.04. The van der Waals surface area contributed by atoms with Gasteiger partial charge in [0, 0.05) is 44.5 Å². The van der Waals surface area contributed by atoms with Crippen molar-refractivity contribution in [3.05, 3.63) is 65.5 Å². The molecule has 0 unspecified atom stereocenters. The molecule has 0 spiro atoms. The maximum Gasteiger partial charge on any atom is 0.261 e. The summed E-state index contributed by atoms with van der Waals surface area (Å²) in [7, 11) is 0. The first-order valence-electron chi connectivity index (χ1n) is 10.1. The number of halogens is 1. The zero-order valence-corrected chi connectivity index (χ0v) is 19.5. The summed E-state index contributed by atoms with van der Waals surface area (Å²) in [6.07, 6.45) is 4.14. The lowest BCUT2D eigenvalue weighted by Gasteiger charge is -2.13. The molecule has 0 fully saturated rings. The zero-order valence-electron chi connectivity index (χ0n) is 17.1. The number of aliphatic imine (C=N–C) groups is 1. The molecular weight excluding hydrogens is 493 g/mol. The third-order valence-electron chi connectivity index (χ3n) is 4.68. The Labute approximate surface area is 194 Å². The normalized spacial score (nSPS) is 13.1. The number of unbranched alkanes of at least 4 members (excludes halogenated alkanes) is 1. The highest BCUT2D eigenvalue weighted by atomic mass is 127. The predicted molar refractivity (Wildman–Crippen MR) is 128 cm³/mol. The second-order valence-corrected chi connectivity index (χ2v) is 6.77. The summed E-state index contributed by atoms with van der Waals surface area (Å²) < 4.78 is 0. The molecule has 0 saturated heterocycles. The first-order chi connectivity index (χ1) is 14.2. The fourth-order valence-electron chi connectivity index (χ4n) is 3.21. The molecule has 1 aromatic heterocycles. The largest absolute Gasteiger partial charge is 0.357 e. The molecule has 160 valence electrons. The minimum absolute atomic E-state index is 0. The van der Waals surface area contributed by atoms with Crippen molar-refractivity contribution in [2.75, 3.05) is 26.2 Å². The number of fused-ring (bicyclic) bond motifs is 1. The number of pyridine rings is 1. The number of imide groups is 1. The molecule has 0 aliphatic carbocycles. The summed E-state index contributed by atoms with van der Waals surface area (Å²) in [6.45, 7) is 4.61. The molecule has 2 heterocycles. The van der Waals surface area contributed by atoms with E-state index >= 15 is 0 Å². The standard InChI is InChI=1S/C22H27N5O2.HI/c1-2-23-22(26-15-12-17-9-5-6-13-24-17)25-14-7-8-16-27-20(28)18-10-3-4-11-19(18)21(27)29;/h3-6,9-11,13H,2,7-8,12,14-16H2,1H3,(H2,23,25,26);1H. The van der Waals surface area contributed by atoms with Crippen LogP contribution in [0, 0.1) is 0 Å². The van der Waals surface area contributed by atoms with Gasteiger partial charge in [-0.15, -0.1) is 24.0 Å². The number of aromatic nitrogens is 1. The highest BCUT2D eigenvalue weighted by Crippen LogP contribution is 2.22. The summed E-state index contributed by atoms with van der Waals surface area (Å²) in [5, 5.41) is 6.53. The number of hydrogen-bond donors (Lipinski definition) is 2. The van der Waals surface area contributed by atoms with Crippen molar-refractivity contribution in [2.45, 2.75) is 26.2 Å². The number of nitrogens with one attached hydrogen (secondary N) is 2. The molecule has 8 heteroatoms. The number of rotatable bonds is 9. The Kier molecular flexibility index (Phi) is 9.72. The second kappa shape index (κ2) is 12.3. The van der Waals surface area contributed by atoms with Crippen molar-refractivity contribution >= 4 is 41.8 Å². The third-order valence-corrected chi connectivity index (χ3v) is 4.68. The monoisotopic (exact) mass is 521 g/mol. The van der Waals surface area contributed by atoms with E-state index < -0.39 is 0 Å². The average molecular weight is 521 g/mol. The van der Waals surface area contributed by atoms with Gasteiger partial charge < -0.3 is 10.6 Å². The molecular formula is C22H28IN5O2. The van der Waals surface area contributed by atoms with Crippen LogP contribution in [-0.2, 0) is 6.42 Å². The SMILES string of the molecule is CCNC(=NCCCCN1C(=O)c2ccccc2C1=O)NCCc1ccccn1.I. The number of carbonyl (C=O) groups excluding carboxylic acids is 2. The van der Waals surface area contributed by atoms with Gasteiger partial charge in [-0.1, -0.05) is 18.2 Å². The first kappa shape index (κ1) is 23.8. The average Bonchev–Trinajstić information content (AvgIpc) is 2.99. The van der Waals surface area contributed by atoms with E-state index in [0.717, 1.165) is 44.0 Å². The number of carbonyl (C=O) groups is 2. The summed E-state index contributed by atoms with van der Waals surface area (Å²) in [5.74, 6) is 0.376. The van der Waals surface area contributed by atoms with Crippen LogP contribution in [0.2, 0.25) is 0 Å². The third kappa shape index (κ3) is 6.25. The van der Waals surface area contributed by atoms with Crippen molar-refractivity contribution in [1.82, 2.24) is 20.5 Å². The van der Waals surface area contributed by atoms with Crippen molar-refractivity contribution in [1.29, 1.82) is 0 Å². The Morgan fingerprint density at radius 3 is 2.33 bits per heavy atom. The molecule has 0 saturated carbocycles. The Morgan fingerprint density at radius 1 is 1.00 bits per heavy atom. The van der Waals surface area contributed by atoms with Crippen LogP contribution < -0.4 is 10.6 Å². The lowest BCUT2D eigenvalue weighted by Crippen LogP contribution is -2.38. The minimum Gasteiger partial charge on any atom is -0.357 e. The second-order valence-electron chi connectivity index (χ2n) is 6.77. The molecule has 0 bridgehead atoms. The van der Waals surface area contributed by atoms with Crippen LogP contribution in [0.1, 0.15) is 46.2 Å². The molecule has 2 amide bonds. The number of guanidine groups is 1. The lowest BCUT2D eigenvalue weighted by atomic mass is 10.1. The van der Waals surface area contributed by atoms with Crippen LogP contribution in [-0.4, -0.2) is 53.8 Å². The van der Waals surface area contributed by atoms with Gasteiger partial charge in [-0.3, -0.25) is 24.5 Å². The van der Waals surface area contributed by atoms with Gasteiger partial charge in [0.2, 0.25) is 0 Å². The van der Waals surface area contributed by atoms with Gasteiger partial charge in [-0.2, -0.15) is 0 Å². The van der Waals surface area contributed by atoms with E-state index in [1.807, 2.05) is 25.1 Å². The van der Waals surface area contributed by atoms with Crippen LogP contribution in [0.15, 0.2) is 53.7 Å². The molecule has 1 aliphatic heterocycles. The van der Waals surface area contributed by atoms with E-state index in [2.05, 4.69) is 20.6 Å². The Hall–Kier alpha value is -2.49. The lowest BCUT2D eigenvalue weighted by molar-refractivity contribution is 0.0652. The van der Waals surface area contributed by atoms with Crippen molar-refractivity contribution in [3.8, 4) is 0 Å². The summed E-state index contributed by atoms with van der Waals surface area (Å²) in [4.78, 5) is 34.9. The number of nitrogens with zero attached hydrogens (tertiary/aromatic N) is 3. The van der Waals surface area contributed by atoms with E-state index in [1.165, 1.54) is 4.90 Å². The Bertz CT molecular complexity index is 838. The molecule has 2 N–H and O–H groups in total. The van der Waals surface area contributed by atoms with Crippen molar-refractivity contribution in [3.63, 3.8) is 0 Å². The number of benzene rings is 1. The van der Waals surface area contributed by atoms with Gasteiger partial charge in [0.1, 0.15) is 0 Å². The molecule has 30 heavy (non-hydrogen) atoms. The van der Waals surface area contributed by atoms with Gasteiger partial charge in [0.05, 0.1) is 11.1 Å². The van der Waals surface area contributed by atoms with E-state index in [9.17, 15) is 9.59 Å². The summed E-state index contributed by atoms with van der Waals surface area (Å²) >= 11 is 0. The van der Waals surface area contributed by atoms with Crippen LogP contribution in [0.3, 0.4) is 0 Å². The zero-order chi connectivity index (χ0) is 20.5. The quantitative estimate of drug-likeness (QED) is 0.174. The molecule has 1 aromatic carbocycles. The van der Waals surface area contributed by atoms with Crippen LogP contribution in [0.4, 0.5) is 0 Å². The van der Waals surface area contributed by atoms with Crippen LogP contribution in [0.5, 0.6) is 0 Å². The molecule has 0 radical (unpaired) electrons. The smallest absolute Gasteiger partial charge is 0.261 e. The highest BCUT2D eigenvalue weighted by Gasteiger charge is 2.34. The maximum absolute atomic E-state index is 12.4. The van der Waals surface area contributed by atoms with Gasteiger partial charge >= 0.3 is 0 Å². The van der Waals surface area contributed by atoms with Gasteiger partial charge in [-0.05, 0) is 44.0 Å². The maximum atomic E-state index is 12.4. The molecule has 2 aromatic rings. The van der Waals surface area contributed by atoms with Gasteiger partial charge in [0.15, 0.2) is 5.96 Å². The first-order valence-corrected chi connectivity index (χ1v) is 10.1. The minimum atomic E-state index is -0.196. The highest BCUT2D eigenvalue weighted by molar-refractivity contribution is 14.0. The van der Waals surface area contributed by atoms with E-state index in [0.29, 0.717) is 24.2 Å². The number of amides is 2. The van der Waals surface area contributed by atoms with Crippen LogP contribution >= 0.6 is 24.0 Å². The van der Waals surface area contributed by atoms with Crippen molar-refractivity contribution in [2.24, 2.45) is 4.99 Å². The van der Waals surface area contributed by atoms with E-state index in [1.54, 1.807) is 30.5 Å². The van der Waals surface area contributed by atoms with Gasteiger partial charge in [0.25, 0.3) is 11.8 Å². The van der Waals surface area contributed by atoms with Crippen LogP contribution in [0.25, 0.3) is 0 Å². The Balaban J connectivity index is 0.00000320. The van der Waals surface area contributed by atoms with Gasteiger partial charge in [-0.25, -0.2) is 0 Å². The fraction of sp³-hybridized carbons (Fsp3) is 0.364. The Morgan fingerprint density at radius 2 is 1.70 bits per heavy atom. The number of hydrogen-bond acceptors (Lipinski definition) is 4. The molecule has 7 nitrogen and oxygen atoms in total. The van der Waals surface area contributed by atoms with E-state index in [4.69, 9.17) is 0 Å². The van der Waals surface area contributed by atoms with E-state index in [-0.39, 0.29) is 35.8 Å². The summed E-state index contributed by atoms with van der Waals surface area (Å²) in [6, 6.07) is 12.9. The predicted octanol–water partition coefficient (Wildman–Crippen LogP) is 2.87. The molecule has 3 rings (SSSR count). The topological polar surface area (TPSA) is 86.7 Å².